The summed E-state index contributed by atoms with van der Waals surface area (Å²) in [6.07, 6.45) is 2.25. The van der Waals surface area contributed by atoms with Crippen LogP contribution < -0.4 is 5.32 Å². The zero-order valence-corrected chi connectivity index (χ0v) is 11.1. The minimum absolute atomic E-state index is 0.0301. The topological polar surface area (TPSA) is 41.6 Å². The molecular formula is C13H24N2O2. The first-order valence-corrected chi connectivity index (χ1v) is 6.65. The van der Waals surface area contributed by atoms with Crippen LogP contribution in [0.4, 0.5) is 0 Å². The zero-order valence-electron chi connectivity index (χ0n) is 11.1. The van der Waals surface area contributed by atoms with Gasteiger partial charge in [0.15, 0.2) is 0 Å². The third-order valence-electron chi connectivity index (χ3n) is 3.90. The zero-order chi connectivity index (χ0) is 12.4. The van der Waals surface area contributed by atoms with Gasteiger partial charge in [0.25, 0.3) is 0 Å². The maximum atomic E-state index is 12.4. The van der Waals surface area contributed by atoms with Crippen molar-refractivity contribution in [1.29, 1.82) is 0 Å². The van der Waals surface area contributed by atoms with Crippen LogP contribution in [-0.4, -0.2) is 49.7 Å². The van der Waals surface area contributed by atoms with Crippen molar-refractivity contribution in [1.82, 2.24) is 10.2 Å². The fraction of sp³-hybridized carbons (Fsp3) is 0.923. The van der Waals surface area contributed by atoms with E-state index in [1.54, 1.807) is 7.11 Å². The number of nitrogens with one attached hydrogen (secondary N) is 1. The molecule has 2 rings (SSSR count). The van der Waals surface area contributed by atoms with Gasteiger partial charge in [-0.25, -0.2) is 0 Å². The van der Waals surface area contributed by atoms with Gasteiger partial charge in [-0.1, -0.05) is 13.8 Å². The number of hydrogen-bond acceptors (Lipinski definition) is 3. The largest absolute Gasteiger partial charge is 0.380 e. The first-order valence-electron chi connectivity index (χ1n) is 6.65. The number of amides is 1. The quantitative estimate of drug-likeness (QED) is 0.778. The minimum atomic E-state index is -0.0301. The normalized spacial score (nSPS) is 38.4. The van der Waals surface area contributed by atoms with Crippen molar-refractivity contribution >= 4 is 5.91 Å². The highest BCUT2D eigenvalue weighted by atomic mass is 16.5. The van der Waals surface area contributed by atoms with Crippen molar-refractivity contribution in [3.8, 4) is 0 Å². The predicted octanol–water partition coefficient (Wildman–Crippen LogP) is 0.868. The highest BCUT2D eigenvalue weighted by Crippen LogP contribution is 2.23. The molecule has 1 amide bonds. The van der Waals surface area contributed by atoms with Gasteiger partial charge in [-0.2, -0.15) is 0 Å². The third-order valence-corrected chi connectivity index (χ3v) is 3.90. The van der Waals surface area contributed by atoms with E-state index in [4.69, 9.17) is 4.74 Å². The molecule has 1 N–H and O–H groups in total. The van der Waals surface area contributed by atoms with Gasteiger partial charge >= 0.3 is 0 Å². The van der Waals surface area contributed by atoms with Gasteiger partial charge in [0.05, 0.1) is 12.1 Å². The molecule has 2 aliphatic heterocycles. The van der Waals surface area contributed by atoms with Gasteiger partial charge in [-0.3, -0.25) is 4.79 Å². The highest BCUT2D eigenvalue weighted by Gasteiger charge is 2.34. The monoisotopic (exact) mass is 240 g/mol. The molecule has 2 heterocycles. The van der Waals surface area contributed by atoms with Gasteiger partial charge in [0, 0.05) is 26.7 Å². The standard InChI is InChI=1S/C13H24N2O2/c1-9-4-10(2)8-15(7-9)13(16)12-5-11(17-3)6-14-12/h9-12,14H,4-8H2,1-3H3. The third kappa shape index (κ3) is 2.99. The Morgan fingerprint density at radius 1 is 1.24 bits per heavy atom. The Balaban J connectivity index is 1.91. The molecule has 4 atom stereocenters. The van der Waals surface area contributed by atoms with Crippen molar-refractivity contribution in [3.63, 3.8) is 0 Å². The van der Waals surface area contributed by atoms with Crippen LogP contribution in [0.25, 0.3) is 0 Å². The van der Waals surface area contributed by atoms with E-state index < -0.39 is 0 Å². The SMILES string of the molecule is COC1CNC(C(=O)N2CC(C)CC(C)C2)C1. The highest BCUT2D eigenvalue weighted by molar-refractivity contribution is 5.82. The molecule has 0 bridgehead atoms. The summed E-state index contributed by atoms with van der Waals surface area (Å²) in [5, 5.41) is 3.27. The number of carbonyl (C=O) groups is 1. The smallest absolute Gasteiger partial charge is 0.239 e. The van der Waals surface area contributed by atoms with Crippen LogP contribution in [-0.2, 0) is 9.53 Å². The second-order valence-electron chi connectivity index (χ2n) is 5.74. The predicted molar refractivity (Wildman–Crippen MR) is 66.7 cm³/mol. The lowest BCUT2D eigenvalue weighted by atomic mass is 9.91. The molecule has 0 aromatic heterocycles. The van der Waals surface area contributed by atoms with E-state index in [0.29, 0.717) is 11.8 Å². The van der Waals surface area contributed by atoms with E-state index >= 15 is 0 Å². The van der Waals surface area contributed by atoms with E-state index in [-0.39, 0.29) is 18.1 Å². The summed E-state index contributed by atoms with van der Waals surface area (Å²) in [7, 11) is 1.71. The van der Waals surface area contributed by atoms with Crippen LogP contribution in [0.2, 0.25) is 0 Å². The summed E-state index contributed by atoms with van der Waals surface area (Å²) in [5.41, 5.74) is 0. The number of ether oxygens (including phenoxy) is 1. The molecule has 0 aromatic rings. The van der Waals surface area contributed by atoms with Crippen LogP contribution >= 0.6 is 0 Å². The van der Waals surface area contributed by atoms with Crippen LogP contribution in [0.3, 0.4) is 0 Å². The summed E-state index contributed by atoms with van der Waals surface area (Å²) < 4.78 is 5.29. The van der Waals surface area contributed by atoms with Crippen molar-refractivity contribution in [2.75, 3.05) is 26.7 Å². The second-order valence-corrected chi connectivity index (χ2v) is 5.74. The molecule has 4 unspecified atom stereocenters. The summed E-state index contributed by atoms with van der Waals surface area (Å²) in [6, 6.07) is -0.0301. The van der Waals surface area contributed by atoms with E-state index in [9.17, 15) is 4.79 Å². The van der Waals surface area contributed by atoms with Crippen LogP contribution in [0.15, 0.2) is 0 Å². The molecule has 98 valence electrons. The van der Waals surface area contributed by atoms with Gasteiger partial charge in [0.1, 0.15) is 0 Å². The maximum Gasteiger partial charge on any atom is 0.239 e. The maximum absolute atomic E-state index is 12.4. The van der Waals surface area contributed by atoms with E-state index in [1.807, 2.05) is 4.90 Å². The van der Waals surface area contributed by atoms with Gasteiger partial charge in [-0.15, -0.1) is 0 Å². The summed E-state index contributed by atoms with van der Waals surface area (Å²) in [6.45, 7) is 7.09. The summed E-state index contributed by atoms with van der Waals surface area (Å²) in [5.74, 6) is 1.52. The van der Waals surface area contributed by atoms with Crippen molar-refractivity contribution in [2.45, 2.75) is 38.8 Å². The molecule has 0 radical (unpaired) electrons. The first kappa shape index (κ1) is 12.8. The molecule has 0 spiro atoms. The lowest BCUT2D eigenvalue weighted by molar-refractivity contribution is -0.135. The minimum Gasteiger partial charge on any atom is -0.380 e. The fourth-order valence-corrected chi connectivity index (χ4v) is 3.13. The number of carbonyl (C=O) groups excluding carboxylic acids is 1. The first-order chi connectivity index (χ1) is 8.10. The molecule has 4 heteroatoms. The number of likely N-dealkylation sites (tertiary alicyclic amines) is 1. The molecule has 17 heavy (non-hydrogen) atoms. The fourth-order valence-electron chi connectivity index (χ4n) is 3.13. The second kappa shape index (κ2) is 5.36. The van der Waals surface area contributed by atoms with Crippen molar-refractivity contribution in [3.05, 3.63) is 0 Å². The number of rotatable bonds is 2. The molecule has 0 aliphatic carbocycles. The Labute approximate surface area is 104 Å². The van der Waals surface area contributed by atoms with Crippen molar-refractivity contribution in [2.24, 2.45) is 11.8 Å². The van der Waals surface area contributed by atoms with Crippen LogP contribution in [0.1, 0.15) is 26.7 Å². The molecule has 4 nitrogen and oxygen atoms in total. The number of piperidine rings is 1. The Kier molecular flexibility index (Phi) is 4.05. The molecular weight excluding hydrogens is 216 g/mol. The Hall–Kier alpha value is -0.610. The number of nitrogens with zero attached hydrogens (tertiary/aromatic N) is 1. The molecule has 0 aromatic carbocycles. The number of methoxy groups -OCH3 is 1. The molecule has 2 saturated heterocycles. The molecule has 2 aliphatic rings. The van der Waals surface area contributed by atoms with Crippen LogP contribution in [0, 0.1) is 11.8 Å². The van der Waals surface area contributed by atoms with E-state index in [1.165, 1.54) is 6.42 Å². The van der Waals surface area contributed by atoms with Gasteiger partial charge in [-0.05, 0) is 24.7 Å². The Morgan fingerprint density at radius 3 is 2.41 bits per heavy atom. The summed E-state index contributed by atoms with van der Waals surface area (Å²) in [4.78, 5) is 14.4. The average molecular weight is 240 g/mol. The van der Waals surface area contributed by atoms with Gasteiger partial charge in [0.2, 0.25) is 5.91 Å². The molecule has 2 fully saturated rings. The summed E-state index contributed by atoms with van der Waals surface area (Å²) >= 11 is 0. The lowest BCUT2D eigenvalue weighted by Gasteiger charge is -2.36. The Bertz CT molecular complexity index is 273. The van der Waals surface area contributed by atoms with E-state index in [2.05, 4.69) is 19.2 Å². The van der Waals surface area contributed by atoms with E-state index in [0.717, 1.165) is 26.1 Å². The lowest BCUT2D eigenvalue weighted by Crippen LogP contribution is -2.49. The van der Waals surface area contributed by atoms with Crippen molar-refractivity contribution < 1.29 is 9.53 Å². The number of hydrogen-bond donors (Lipinski definition) is 1. The van der Waals surface area contributed by atoms with Gasteiger partial charge < -0.3 is 15.0 Å². The van der Waals surface area contributed by atoms with Crippen LogP contribution in [0.5, 0.6) is 0 Å². The Morgan fingerprint density at radius 2 is 1.88 bits per heavy atom. The molecule has 0 saturated carbocycles. The average Bonchev–Trinajstić information content (AvgIpc) is 2.75.